The lowest BCUT2D eigenvalue weighted by Crippen LogP contribution is -2.58. The number of nitrogens with zero attached hydrogens (tertiary/aromatic N) is 6. The molecule has 402 valence electrons. The van der Waals surface area contributed by atoms with Crippen molar-refractivity contribution in [2.24, 2.45) is 5.41 Å². The zero-order chi connectivity index (χ0) is 54.7. The maximum Gasteiger partial charge on any atom is 0.246 e. The number of nitriles is 1. The molecule has 75 heavy (non-hydrogen) atoms. The van der Waals surface area contributed by atoms with Gasteiger partial charge in [0.2, 0.25) is 33.7 Å². The van der Waals surface area contributed by atoms with Crippen LogP contribution in [0.1, 0.15) is 100.0 Å². The van der Waals surface area contributed by atoms with Gasteiger partial charge in [0.1, 0.15) is 37.1 Å². The van der Waals surface area contributed by atoms with Crippen LogP contribution >= 0.6 is 22.9 Å². The quantitative estimate of drug-likeness (QED) is 0.0448. The lowest BCUT2D eigenvalue weighted by atomic mass is 9.77. The minimum atomic E-state index is -3.53. The van der Waals surface area contributed by atoms with Crippen molar-refractivity contribution in [2.45, 2.75) is 103 Å². The van der Waals surface area contributed by atoms with E-state index in [4.69, 9.17) is 25.8 Å². The minimum absolute atomic E-state index is 0.0408. The van der Waals surface area contributed by atoms with Crippen LogP contribution in [0.4, 0.5) is 5.95 Å². The van der Waals surface area contributed by atoms with Gasteiger partial charge in [-0.25, -0.2) is 23.4 Å². The molecule has 18 nitrogen and oxygen atoms in total. The first-order valence-electron chi connectivity index (χ1n) is 24.6. The molecule has 0 saturated carbocycles. The van der Waals surface area contributed by atoms with E-state index in [-0.39, 0.29) is 44.6 Å². The van der Waals surface area contributed by atoms with E-state index in [0.717, 1.165) is 39.1 Å². The van der Waals surface area contributed by atoms with Crippen LogP contribution in [-0.2, 0) is 41.2 Å². The van der Waals surface area contributed by atoms with E-state index in [0.29, 0.717) is 60.2 Å². The summed E-state index contributed by atoms with van der Waals surface area (Å²) in [5, 5.41) is 27.2. The van der Waals surface area contributed by atoms with Crippen molar-refractivity contribution < 1.29 is 42.1 Å². The third-order valence-electron chi connectivity index (χ3n) is 12.7. The summed E-state index contributed by atoms with van der Waals surface area (Å²) in [6.07, 6.45) is 3.56. The maximum atomic E-state index is 14.3. The average molecular weight is 1090 g/mol. The summed E-state index contributed by atoms with van der Waals surface area (Å²) in [5.41, 5.74) is 5.94. The molecular weight excluding hydrogens is 1020 g/mol. The fourth-order valence-corrected chi connectivity index (χ4v) is 10.1. The molecule has 4 N–H and O–H groups in total. The fourth-order valence-electron chi connectivity index (χ4n) is 8.63. The molecule has 0 radical (unpaired) electrons. The van der Waals surface area contributed by atoms with Crippen molar-refractivity contribution in [2.75, 3.05) is 58.0 Å². The van der Waals surface area contributed by atoms with Crippen LogP contribution in [0.15, 0.2) is 78.4 Å². The molecule has 1 aliphatic rings. The topological polar surface area (TPSA) is 238 Å². The summed E-state index contributed by atoms with van der Waals surface area (Å²) in [6.45, 7) is 12.3. The number of ether oxygens (including phenoxy) is 3. The number of carbonyl (C=O) groups is 3. The van der Waals surface area contributed by atoms with Gasteiger partial charge in [-0.2, -0.15) is 5.26 Å². The van der Waals surface area contributed by atoms with E-state index in [9.17, 15) is 33.2 Å². The van der Waals surface area contributed by atoms with Gasteiger partial charge in [-0.3, -0.25) is 19.1 Å². The van der Waals surface area contributed by atoms with Gasteiger partial charge in [0, 0.05) is 37.7 Å². The number of sulfonamides is 1. The monoisotopic (exact) mass is 1090 g/mol. The average Bonchev–Trinajstić information content (AvgIpc) is 3.97. The fraction of sp³-hybridized carbons (Fsp3) is 0.463. The number of halogens is 1. The van der Waals surface area contributed by atoms with Crippen LogP contribution in [-0.4, -0.2) is 127 Å². The predicted molar refractivity (Wildman–Crippen MR) is 289 cm³/mol. The molecule has 1 saturated heterocycles. The smallest absolute Gasteiger partial charge is 0.246 e. The number of hydrogen-bond donors (Lipinski definition) is 4. The molecule has 1 aliphatic heterocycles. The van der Waals surface area contributed by atoms with Crippen LogP contribution in [0, 0.1) is 23.7 Å². The van der Waals surface area contributed by atoms with E-state index in [1.54, 1.807) is 29.5 Å². The Morgan fingerprint density at radius 2 is 1.67 bits per heavy atom. The molecule has 0 spiro atoms. The zero-order valence-electron chi connectivity index (χ0n) is 44.0. The summed E-state index contributed by atoms with van der Waals surface area (Å²) < 4.78 is 43.0. The van der Waals surface area contributed by atoms with Crippen LogP contribution < -0.4 is 24.8 Å². The van der Waals surface area contributed by atoms with Gasteiger partial charge in [-0.1, -0.05) is 82.6 Å². The number of unbranched alkanes of at least 4 members (excludes halogenated alkanes) is 2. The number of amides is 3. The largest absolute Gasteiger partial charge is 0.491 e. The highest BCUT2D eigenvalue weighted by Crippen LogP contribution is 2.39. The highest BCUT2D eigenvalue weighted by Gasteiger charge is 2.45. The van der Waals surface area contributed by atoms with Gasteiger partial charge < -0.3 is 39.8 Å². The number of aliphatic hydroxyl groups is 1. The number of anilines is 1. The third kappa shape index (κ3) is 16.1. The molecule has 5 aromatic rings. The second-order valence-corrected chi connectivity index (χ2v) is 23.6. The number of rotatable bonds is 24. The zero-order valence-corrected chi connectivity index (χ0v) is 46.4. The Morgan fingerprint density at radius 3 is 2.31 bits per heavy atom. The molecule has 3 aromatic carbocycles. The van der Waals surface area contributed by atoms with Crippen LogP contribution in [0.25, 0.3) is 10.4 Å². The summed E-state index contributed by atoms with van der Waals surface area (Å²) in [7, 11) is 0.311. The summed E-state index contributed by atoms with van der Waals surface area (Å²) in [6, 6.07) is 20.6. The highest BCUT2D eigenvalue weighted by molar-refractivity contribution is 7.92. The maximum absolute atomic E-state index is 14.3. The number of benzene rings is 3. The number of aliphatic hydroxyl groups excluding tert-OH is 1. The Hall–Kier alpha value is -6.21. The Morgan fingerprint density at radius 1 is 0.960 bits per heavy atom. The molecule has 0 unspecified atom stereocenters. The predicted octanol–water partition coefficient (Wildman–Crippen LogP) is 7.19. The van der Waals surface area contributed by atoms with Crippen molar-refractivity contribution in [3.05, 3.63) is 117 Å². The summed E-state index contributed by atoms with van der Waals surface area (Å²) >= 11 is 8.32. The Balaban J connectivity index is 0.950. The molecule has 6 rings (SSSR count). The molecule has 1 fully saturated rings. The first-order chi connectivity index (χ1) is 35.4. The van der Waals surface area contributed by atoms with E-state index in [1.165, 1.54) is 11.1 Å². The summed E-state index contributed by atoms with van der Waals surface area (Å²) in [4.78, 5) is 58.5. The van der Waals surface area contributed by atoms with Crippen LogP contribution in [0.5, 0.6) is 11.5 Å². The lowest BCUT2D eigenvalue weighted by Gasteiger charge is -2.35. The normalized spacial score (nSPS) is 15.7. The van der Waals surface area contributed by atoms with E-state index in [2.05, 4.69) is 36.4 Å². The van der Waals surface area contributed by atoms with Crippen molar-refractivity contribution in [3.8, 4) is 28.0 Å². The van der Waals surface area contributed by atoms with Gasteiger partial charge in [-0.05, 0) is 98.3 Å². The number of β-amino-alcohol motifs (C(OH)–C–C–N with tert-alkyl or cyclic N) is 1. The highest BCUT2D eigenvalue weighted by atomic mass is 35.5. The Labute approximate surface area is 449 Å². The molecule has 4 atom stereocenters. The van der Waals surface area contributed by atoms with Crippen molar-refractivity contribution in [1.29, 1.82) is 5.26 Å². The number of thiazole rings is 1. The van der Waals surface area contributed by atoms with Gasteiger partial charge in [0.25, 0.3) is 0 Å². The number of likely N-dealkylation sites (tertiary alicyclic amines) is 1. The second-order valence-electron chi connectivity index (χ2n) is 20.6. The number of aryl methyl sites for hydroxylation is 1. The third-order valence-corrected chi connectivity index (χ3v) is 14.5. The lowest BCUT2D eigenvalue weighted by molar-refractivity contribution is -0.144. The SMILES string of the molecule is Cc1ncsc1-c1ccc([C@H](CN(C)C)NC(=O)[C@@H]2C[C@@H](O)CN2C(=O)[C@@H](NC(=O)COCCCCCOc2c(Cl)cc(C(C)(C)c3ccc(OCc4ccnc(NS(C)(=O)=O)n4)cc3)cc2C#N)C(C)(C)C)cc1. The Kier molecular flexibility index (Phi) is 19.8. The number of nitrogens with one attached hydrogen (secondary N) is 3. The van der Waals surface area contributed by atoms with E-state index in [1.807, 2.05) is 115 Å². The van der Waals surface area contributed by atoms with Crippen LogP contribution in [0.3, 0.4) is 0 Å². The molecule has 21 heteroatoms. The summed E-state index contributed by atoms with van der Waals surface area (Å²) in [5.74, 6) is -0.498. The number of carbonyl (C=O) groups excluding carboxylic acids is 3. The number of likely N-dealkylation sites (N-methyl/N-ethyl adjacent to an activating group) is 1. The first-order valence-corrected chi connectivity index (χ1v) is 27.8. The van der Waals surface area contributed by atoms with E-state index < -0.39 is 56.9 Å². The molecular formula is C54H68ClN9O9S2. The molecule has 3 amide bonds. The Bertz CT molecular complexity index is 2920. The molecule has 0 aliphatic carbocycles. The van der Waals surface area contributed by atoms with E-state index >= 15 is 0 Å². The van der Waals surface area contributed by atoms with Gasteiger partial charge >= 0.3 is 0 Å². The second kappa shape index (κ2) is 25.6. The molecule has 0 bridgehead atoms. The van der Waals surface area contributed by atoms with Crippen molar-refractivity contribution in [1.82, 2.24) is 35.4 Å². The molecule has 3 heterocycles. The van der Waals surface area contributed by atoms with Crippen LogP contribution in [0.2, 0.25) is 5.02 Å². The van der Waals surface area contributed by atoms with Crippen molar-refractivity contribution in [3.63, 3.8) is 0 Å². The van der Waals surface area contributed by atoms with Gasteiger partial charge in [-0.15, -0.1) is 11.3 Å². The van der Waals surface area contributed by atoms with Gasteiger partial charge in [0.15, 0.2) is 5.75 Å². The minimum Gasteiger partial charge on any atom is -0.491 e. The number of hydrogen-bond acceptors (Lipinski definition) is 15. The number of aromatic nitrogens is 3. The first kappa shape index (κ1) is 58.1. The molecule has 2 aromatic heterocycles. The van der Waals surface area contributed by atoms with Gasteiger partial charge in [0.05, 0.1) is 57.4 Å². The standard InChI is InChI=1S/C54H68ClN9O9S2/c1-34-48(74-33-58-34)36-15-13-35(14-16-36)44(30-63(7)8)60-50(67)45-27-41(65)29-64(45)51(68)49(53(2,3)4)61-46(66)32-71-23-11-10-12-24-72-47-37(28-56)25-39(26-43(47)55)54(5,6)38-17-19-42(20-18-38)73-31-40-21-22-57-52(59-40)62-75(9,69)70/h13-22,25-26,33,41,44-45,49,65H,10-12,23-24,27,29-32H2,1-9H3,(H,60,67)(H,61,66)(H,57,59,62)/t41-,44+,45+,49-/m1/s1. The van der Waals surface area contributed by atoms with Crippen molar-refractivity contribution >= 4 is 56.6 Å².